The van der Waals surface area contributed by atoms with Gasteiger partial charge in [0, 0.05) is 27.3 Å². The highest BCUT2D eigenvalue weighted by Crippen LogP contribution is 2.33. The average molecular weight is 313 g/mol. The van der Waals surface area contributed by atoms with Crippen LogP contribution in [0.5, 0.6) is 0 Å². The molecule has 1 rings (SSSR count). The lowest BCUT2D eigenvalue weighted by Crippen LogP contribution is -2.47. The summed E-state index contributed by atoms with van der Waals surface area (Å²) < 4.78 is 5.33. The van der Waals surface area contributed by atoms with E-state index in [0.29, 0.717) is 4.88 Å². The number of aromatic nitrogens is 1. The lowest BCUT2D eigenvalue weighted by Gasteiger charge is -2.34. The van der Waals surface area contributed by atoms with E-state index < -0.39 is 17.2 Å². The third-order valence-electron chi connectivity index (χ3n) is 2.97. The molecule has 0 aliphatic heterocycles. The van der Waals surface area contributed by atoms with Crippen LogP contribution in [-0.4, -0.2) is 49.0 Å². The van der Waals surface area contributed by atoms with Crippen LogP contribution >= 0.6 is 11.3 Å². The minimum absolute atomic E-state index is 0.545. The number of rotatable bonds is 4. The average Bonchev–Trinajstić information content (AvgIpc) is 2.85. The third kappa shape index (κ3) is 3.93. The molecular weight excluding hydrogens is 290 g/mol. The maximum absolute atomic E-state index is 12.2. The Kier molecular flexibility index (Phi) is 4.99. The predicted octanol–water partition coefficient (Wildman–Crippen LogP) is 2.49. The molecule has 0 spiro atoms. The van der Waals surface area contributed by atoms with Gasteiger partial charge in [0.15, 0.2) is 11.4 Å². The number of aldehydes is 1. The zero-order valence-corrected chi connectivity index (χ0v) is 14.4. The van der Waals surface area contributed by atoms with Gasteiger partial charge in [-0.2, -0.15) is 0 Å². The fourth-order valence-corrected chi connectivity index (χ4v) is 2.51. The molecule has 0 N–H and O–H groups in total. The molecule has 0 radical (unpaired) electrons. The standard InChI is InChI=1S/C14H23N3O3S/c1-13(2,3)20-12(19)17(7)14(4,9-18)10-8-15-11(21-10)16(5)6/h8-9H,1-7H3. The van der Waals surface area contributed by atoms with E-state index in [1.54, 1.807) is 40.9 Å². The van der Waals surface area contributed by atoms with E-state index in [0.717, 1.165) is 11.4 Å². The third-order valence-corrected chi connectivity index (χ3v) is 4.36. The van der Waals surface area contributed by atoms with Crippen molar-refractivity contribution in [3.8, 4) is 0 Å². The van der Waals surface area contributed by atoms with Crippen LogP contribution < -0.4 is 4.90 Å². The van der Waals surface area contributed by atoms with Gasteiger partial charge in [0.1, 0.15) is 11.1 Å². The highest BCUT2D eigenvalue weighted by atomic mass is 32.1. The normalized spacial score (nSPS) is 14.2. The van der Waals surface area contributed by atoms with Crippen LogP contribution in [-0.2, 0) is 15.1 Å². The number of thiazole rings is 1. The van der Waals surface area contributed by atoms with Gasteiger partial charge in [0.05, 0.1) is 4.88 Å². The summed E-state index contributed by atoms with van der Waals surface area (Å²) >= 11 is 1.37. The van der Waals surface area contributed by atoms with Gasteiger partial charge >= 0.3 is 6.09 Å². The Morgan fingerprint density at radius 2 is 1.86 bits per heavy atom. The zero-order valence-electron chi connectivity index (χ0n) is 13.6. The van der Waals surface area contributed by atoms with E-state index in [9.17, 15) is 9.59 Å². The molecule has 0 saturated heterocycles. The quantitative estimate of drug-likeness (QED) is 0.799. The molecule has 0 aromatic carbocycles. The number of likely N-dealkylation sites (N-methyl/N-ethyl adjacent to an activating group) is 1. The van der Waals surface area contributed by atoms with Crippen LogP contribution in [0.1, 0.15) is 32.6 Å². The van der Waals surface area contributed by atoms with E-state index in [1.807, 2.05) is 19.0 Å². The minimum Gasteiger partial charge on any atom is -0.444 e. The lowest BCUT2D eigenvalue weighted by molar-refractivity contribution is -0.117. The maximum atomic E-state index is 12.2. The molecule has 1 heterocycles. The fourth-order valence-electron chi connectivity index (χ4n) is 1.53. The summed E-state index contributed by atoms with van der Waals surface area (Å²) in [6.07, 6.45) is 1.82. The summed E-state index contributed by atoms with van der Waals surface area (Å²) in [6, 6.07) is 0. The van der Waals surface area contributed by atoms with Crippen LogP contribution in [0, 0.1) is 0 Å². The van der Waals surface area contributed by atoms with Crippen molar-refractivity contribution in [3.05, 3.63) is 11.1 Å². The largest absolute Gasteiger partial charge is 0.444 e. The summed E-state index contributed by atoms with van der Waals surface area (Å²) in [4.78, 5) is 31.9. The first-order valence-corrected chi connectivity index (χ1v) is 7.39. The van der Waals surface area contributed by atoms with Crippen molar-refractivity contribution in [2.45, 2.75) is 38.8 Å². The maximum Gasteiger partial charge on any atom is 0.411 e. The van der Waals surface area contributed by atoms with Crippen molar-refractivity contribution in [1.82, 2.24) is 9.88 Å². The Hall–Kier alpha value is -1.63. The predicted molar refractivity (Wildman–Crippen MR) is 83.9 cm³/mol. The highest BCUT2D eigenvalue weighted by Gasteiger charge is 2.38. The number of carbonyl (C=O) groups excluding carboxylic acids is 2. The molecule has 1 amide bonds. The highest BCUT2D eigenvalue weighted by molar-refractivity contribution is 7.15. The van der Waals surface area contributed by atoms with Crippen LogP contribution in [0.4, 0.5) is 9.93 Å². The molecule has 118 valence electrons. The van der Waals surface area contributed by atoms with Crippen molar-refractivity contribution in [1.29, 1.82) is 0 Å². The van der Waals surface area contributed by atoms with Gasteiger partial charge in [-0.25, -0.2) is 9.78 Å². The molecule has 7 heteroatoms. The van der Waals surface area contributed by atoms with E-state index in [1.165, 1.54) is 16.2 Å². The van der Waals surface area contributed by atoms with Gasteiger partial charge in [-0.15, -0.1) is 0 Å². The van der Waals surface area contributed by atoms with E-state index in [4.69, 9.17) is 4.74 Å². The van der Waals surface area contributed by atoms with Gasteiger partial charge in [0.25, 0.3) is 0 Å². The second kappa shape index (κ2) is 6.01. The number of amides is 1. The van der Waals surface area contributed by atoms with Gasteiger partial charge in [-0.1, -0.05) is 11.3 Å². The molecule has 21 heavy (non-hydrogen) atoms. The Labute approximate surface area is 129 Å². The van der Waals surface area contributed by atoms with Gasteiger partial charge in [-0.3, -0.25) is 4.90 Å². The number of carbonyl (C=O) groups is 2. The number of nitrogens with zero attached hydrogens (tertiary/aromatic N) is 3. The van der Waals surface area contributed by atoms with Crippen molar-refractivity contribution >= 4 is 28.8 Å². The molecule has 1 aromatic heterocycles. The summed E-state index contributed by atoms with van der Waals surface area (Å²) in [7, 11) is 5.30. The Balaban J connectivity index is 3.07. The molecule has 0 fully saturated rings. The van der Waals surface area contributed by atoms with Crippen molar-refractivity contribution in [3.63, 3.8) is 0 Å². The van der Waals surface area contributed by atoms with Crippen LogP contribution in [0.3, 0.4) is 0 Å². The van der Waals surface area contributed by atoms with Crippen molar-refractivity contribution in [2.75, 3.05) is 26.0 Å². The van der Waals surface area contributed by atoms with Gasteiger partial charge in [0.2, 0.25) is 0 Å². The number of hydrogen-bond donors (Lipinski definition) is 0. The molecule has 0 bridgehead atoms. The summed E-state index contributed by atoms with van der Waals surface area (Å²) in [6.45, 7) is 7.03. The van der Waals surface area contributed by atoms with Crippen LogP contribution in [0.15, 0.2) is 6.20 Å². The van der Waals surface area contributed by atoms with Crippen LogP contribution in [0.25, 0.3) is 0 Å². The molecule has 1 aromatic rings. The van der Waals surface area contributed by atoms with E-state index in [2.05, 4.69) is 4.98 Å². The summed E-state index contributed by atoms with van der Waals surface area (Å²) in [5.41, 5.74) is -1.72. The first-order chi connectivity index (χ1) is 9.51. The minimum atomic E-state index is -1.10. The first-order valence-electron chi connectivity index (χ1n) is 6.58. The monoisotopic (exact) mass is 313 g/mol. The smallest absolute Gasteiger partial charge is 0.411 e. The number of ether oxygens (including phenoxy) is 1. The molecule has 6 nitrogen and oxygen atoms in total. The zero-order chi connectivity index (χ0) is 16.4. The second-order valence-corrected chi connectivity index (χ2v) is 7.22. The van der Waals surface area contributed by atoms with Crippen LogP contribution in [0.2, 0.25) is 0 Å². The van der Waals surface area contributed by atoms with Gasteiger partial charge < -0.3 is 14.4 Å². The topological polar surface area (TPSA) is 62.7 Å². The van der Waals surface area contributed by atoms with Crippen molar-refractivity contribution < 1.29 is 14.3 Å². The molecule has 1 atom stereocenters. The SMILES string of the molecule is CN(C)c1ncc(C(C)(C=O)N(C)C(=O)OC(C)(C)C)s1. The Bertz CT molecular complexity index is 522. The lowest BCUT2D eigenvalue weighted by atomic mass is 10.0. The molecule has 1 unspecified atom stereocenters. The Morgan fingerprint density at radius 1 is 1.29 bits per heavy atom. The fraction of sp³-hybridized carbons (Fsp3) is 0.643. The summed E-state index contributed by atoms with van der Waals surface area (Å²) in [5.74, 6) is 0. The number of anilines is 1. The number of hydrogen-bond acceptors (Lipinski definition) is 6. The van der Waals surface area contributed by atoms with E-state index >= 15 is 0 Å². The molecular formula is C14H23N3O3S. The van der Waals surface area contributed by atoms with Crippen molar-refractivity contribution in [2.24, 2.45) is 0 Å². The Morgan fingerprint density at radius 3 is 2.24 bits per heavy atom. The molecule has 0 saturated carbocycles. The molecule has 0 aliphatic rings. The molecule has 0 aliphatic carbocycles. The van der Waals surface area contributed by atoms with Gasteiger partial charge in [-0.05, 0) is 27.7 Å². The van der Waals surface area contributed by atoms with E-state index in [-0.39, 0.29) is 0 Å². The second-order valence-electron chi connectivity index (χ2n) is 6.21. The first kappa shape index (κ1) is 17.4. The summed E-state index contributed by atoms with van der Waals surface area (Å²) in [5, 5.41) is 0.774.